The van der Waals surface area contributed by atoms with Gasteiger partial charge in [0, 0.05) is 45.8 Å². The Morgan fingerprint density at radius 3 is 2.92 bits per heavy atom. The average molecular weight is 331 g/mol. The molecule has 1 aliphatic heterocycles. The van der Waals surface area contributed by atoms with Crippen LogP contribution in [0.2, 0.25) is 0 Å². The number of carbonyl (C=O) groups is 1. The van der Waals surface area contributed by atoms with Gasteiger partial charge in [0.25, 0.3) is 0 Å². The lowest BCUT2D eigenvalue weighted by Gasteiger charge is -2.27. The lowest BCUT2D eigenvalue weighted by molar-refractivity contribution is -0.132. The SMILES string of the molecule is CC(=O)N(Cc1ncc(C)o1)[C@@H]1CCN(CCc2cnn(C)c2)C1. The number of oxazole rings is 1. The monoisotopic (exact) mass is 331 g/mol. The highest BCUT2D eigenvalue weighted by Gasteiger charge is 2.30. The second-order valence-corrected chi connectivity index (χ2v) is 6.53. The Morgan fingerprint density at radius 2 is 2.29 bits per heavy atom. The van der Waals surface area contributed by atoms with Gasteiger partial charge in [-0.2, -0.15) is 5.10 Å². The number of amides is 1. The van der Waals surface area contributed by atoms with Crippen molar-refractivity contribution in [3.05, 3.63) is 35.8 Å². The van der Waals surface area contributed by atoms with Crippen LogP contribution in [0.3, 0.4) is 0 Å². The molecule has 1 aliphatic rings. The summed E-state index contributed by atoms with van der Waals surface area (Å²) >= 11 is 0. The standard InChI is InChI=1S/C17H25N5O2/c1-13-8-18-17(24-13)12-22(14(2)23)16-5-7-21(11-16)6-4-15-9-19-20(3)10-15/h8-10,16H,4-7,11-12H2,1-3H3/t16-/m1/s1. The van der Waals surface area contributed by atoms with Crippen molar-refractivity contribution in [2.75, 3.05) is 19.6 Å². The number of aryl methyl sites for hydroxylation is 2. The summed E-state index contributed by atoms with van der Waals surface area (Å²) in [6, 6.07) is 0.226. The number of hydrogen-bond donors (Lipinski definition) is 0. The summed E-state index contributed by atoms with van der Waals surface area (Å²) < 4.78 is 7.36. The molecule has 1 atom stereocenters. The molecular weight excluding hydrogens is 306 g/mol. The third-order valence-electron chi connectivity index (χ3n) is 4.54. The predicted octanol–water partition coefficient (Wildman–Crippen LogP) is 1.38. The lowest BCUT2D eigenvalue weighted by atomic mass is 10.2. The molecule has 130 valence electrons. The Hall–Kier alpha value is -2.15. The summed E-state index contributed by atoms with van der Waals surface area (Å²) in [5.41, 5.74) is 1.25. The summed E-state index contributed by atoms with van der Waals surface area (Å²) in [4.78, 5) is 20.6. The maximum atomic E-state index is 12.1. The van der Waals surface area contributed by atoms with Crippen LogP contribution in [-0.2, 0) is 24.8 Å². The van der Waals surface area contributed by atoms with Gasteiger partial charge < -0.3 is 14.2 Å². The Bertz CT molecular complexity index is 693. The van der Waals surface area contributed by atoms with Crippen LogP contribution in [-0.4, -0.2) is 56.1 Å². The molecule has 7 heteroatoms. The van der Waals surface area contributed by atoms with E-state index < -0.39 is 0 Å². The minimum Gasteiger partial charge on any atom is -0.444 e. The first-order valence-corrected chi connectivity index (χ1v) is 8.39. The van der Waals surface area contributed by atoms with E-state index in [9.17, 15) is 4.79 Å². The van der Waals surface area contributed by atoms with Gasteiger partial charge in [0.1, 0.15) is 5.76 Å². The van der Waals surface area contributed by atoms with Crippen LogP contribution in [0.1, 0.15) is 30.6 Å². The Kier molecular flexibility index (Phi) is 4.99. The highest BCUT2D eigenvalue weighted by atomic mass is 16.4. The van der Waals surface area contributed by atoms with Crippen LogP contribution in [0.5, 0.6) is 0 Å². The first-order valence-electron chi connectivity index (χ1n) is 8.39. The summed E-state index contributed by atoms with van der Waals surface area (Å²) in [6.45, 7) is 6.84. The third-order valence-corrected chi connectivity index (χ3v) is 4.54. The van der Waals surface area contributed by atoms with Gasteiger partial charge >= 0.3 is 0 Å². The summed E-state index contributed by atoms with van der Waals surface area (Å²) in [5, 5.41) is 4.20. The van der Waals surface area contributed by atoms with E-state index in [1.807, 2.05) is 29.7 Å². The van der Waals surface area contributed by atoms with Crippen molar-refractivity contribution in [1.29, 1.82) is 0 Å². The van der Waals surface area contributed by atoms with Gasteiger partial charge in [-0.05, 0) is 25.3 Å². The van der Waals surface area contributed by atoms with Gasteiger partial charge in [-0.1, -0.05) is 0 Å². The predicted molar refractivity (Wildman–Crippen MR) is 89.2 cm³/mol. The van der Waals surface area contributed by atoms with Crippen LogP contribution in [0.4, 0.5) is 0 Å². The first kappa shape index (κ1) is 16.7. The fourth-order valence-electron chi connectivity index (χ4n) is 3.28. The van der Waals surface area contributed by atoms with Crippen LogP contribution < -0.4 is 0 Å². The molecule has 0 saturated carbocycles. The number of nitrogens with zero attached hydrogens (tertiary/aromatic N) is 5. The smallest absolute Gasteiger partial charge is 0.220 e. The van der Waals surface area contributed by atoms with Crippen LogP contribution in [0.25, 0.3) is 0 Å². The molecule has 0 unspecified atom stereocenters. The van der Waals surface area contributed by atoms with Gasteiger partial charge in [0.2, 0.25) is 11.8 Å². The molecule has 0 aromatic carbocycles. The number of aromatic nitrogens is 3. The average Bonchev–Trinajstić information content (AvgIpc) is 3.24. The second kappa shape index (κ2) is 7.17. The maximum absolute atomic E-state index is 12.1. The molecule has 1 saturated heterocycles. The quantitative estimate of drug-likeness (QED) is 0.800. The Morgan fingerprint density at radius 1 is 1.46 bits per heavy atom. The van der Waals surface area contributed by atoms with Crippen molar-refractivity contribution < 1.29 is 9.21 Å². The summed E-state index contributed by atoms with van der Waals surface area (Å²) in [7, 11) is 1.94. The molecule has 0 aliphatic carbocycles. The van der Waals surface area contributed by atoms with Crippen molar-refractivity contribution in [3.63, 3.8) is 0 Å². The zero-order valence-electron chi connectivity index (χ0n) is 14.6. The molecular formula is C17H25N5O2. The third kappa shape index (κ3) is 4.03. The van der Waals surface area contributed by atoms with Crippen LogP contribution in [0.15, 0.2) is 23.0 Å². The molecule has 1 amide bonds. The number of carbonyl (C=O) groups excluding carboxylic acids is 1. The fraction of sp³-hybridized carbons (Fsp3) is 0.588. The molecule has 24 heavy (non-hydrogen) atoms. The van der Waals surface area contributed by atoms with E-state index in [1.165, 1.54) is 5.56 Å². The van der Waals surface area contributed by atoms with E-state index >= 15 is 0 Å². The minimum absolute atomic E-state index is 0.0740. The van der Waals surface area contributed by atoms with E-state index in [0.29, 0.717) is 12.4 Å². The van der Waals surface area contributed by atoms with E-state index in [-0.39, 0.29) is 11.9 Å². The zero-order valence-corrected chi connectivity index (χ0v) is 14.6. The van der Waals surface area contributed by atoms with Crippen LogP contribution >= 0.6 is 0 Å². The van der Waals surface area contributed by atoms with Gasteiger partial charge in [0.05, 0.1) is 18.9 Å². The number of rotatable bonds is 6. The lowest BCUT2D eigenvalue weighted by Crippen LogP contribution is -2.40. The molecule has 3 rings (SSSR count). The highest BCUT2D eigenvalue weighted by Crippen LogP contribution is 2.19. The Balaban J connectivity index is 1.54. The maximum Gasteiger partial charge on any atom is 0.220 e. The Labute approximate surface area is 142 Å². The molecule has 7 nitrogen and oxygen atoms in total. The first-order chi connectivity index (χ1) is 11.5. The largest absolute Gasteiger partial charge is 0.444 e. The van der Waals surface area contributed by atoms with E-state index in [2.05, 4.69) is 21.2 Å². The minimum atomic E-state index is 0.0740. The summed E-state index contributed by atoms with van der Waals surface area (Å²) in [6.07, 6.45) is 7.65. The van der Waals surface area contributed by atoms with Gasteiger partial charge in [0.15, 0.2) is 0 Å². The second-order valence-electron chi connectivity index (χ2n) is 6.53. The molecule has 0 spiro atoms. The molecule has 2 aromatic rings. The topological polar surface area (TPSA) is 67.4 Å². The van der Waals surface area contributed by atoms with Crippen molar-refractivity contribution in [2.45, 2.75) is 39.3 Å². The van der Waals surface area contributed by atoms with Gasteiger partial charge in [-0.15, -0.1) is 0 Å². The molecule has 0 radical (unpaired) electrons. The molecule has 1 fully saturated rings. The van der Waals surface area contributed by atoms with Crippen molar-refractivity contribution in [1.82, 2.24) is 24.6 Å². The molecule has 0 N–H and O–H groups in total. The molecule has 0 bridgehead atoms. The van der Waals surface area contributed by atoms with Gasteiger partial charge in [-0.25, -0.2) is 4.98 Å². The van der Waals surface area contributed by atoms with E-state index in [0.717, 1.165) is 38.2 Å². The van der Waals surface area contributed by atoms with Crippen molar-refractivity contribution in [2.24, 2.45) is 7.05 Å². The van der Waals surface area contributed by atoms with Gasteiger partial charge in [-0.3, -0.25) is 9.48 Å². The van der Waals surface area contributed by atoms with Crippen LogP contribution in [0, 0.1) is 6.92 Å². The molecule has 2 aromatic heterocycles. The summed E-state index contributed by atoms with van der Waals surface area (Å²) in [5.74, 6) is 1.46. The van der Waals surface area contributed by atoms with E-state index in [1.54, 1.807) is 13.1 Å². The molecule has 3 heterocycles. The normalized spacial score (nSPS) is 18.2. The fourth-order valence-corrected chi connectivity index (χ4v) is 3.28. The highest BCUT2D eigenvalue weighted by molar-refractivity contribution is 5.73. The zero-order chi connectivity index (χ0) is 17.1. The number of hydrogen-bond acceptors (Lipinski definition) is 5. The van der Waals surface area contributed by atoms with Crippen molar-refractivity contribution in [3.8, 4) is 0 Å². The van der Waals surface area contributed by atoms with E-state index in [4.69, 9.17) is 4.42 Å². The van der Waals surface area contributed by atoms with Crippen molar-refractivity contribution >= 4 is 5.91 Å². The number of likely N-dealkylation sites (tertiary alicyclic amines) is 1.